The van der Waals surface area contributed by atoms with Crippen LogP contribution in [0.4, 0.5) is 0 Å². The lowest BCUT2D eigenvalue weighted by atomic mass is 10.2. The van der Waals surface area contributed by atoms with Crippen molar-refractivity contribution in [3.05, 3.63) is 95.6 Å². The lowest BCUT2D eigenvalue weighted by Gasteiger charge is -2.13. The summed E-state index contributed by atoms with van der Waals surface area (Å²) < 4.78 is 27.1. The minimum Gasteiger partial charge on any atom is -0.328 e. The molecule has 0 spiro atoms. The van der Waals surface area contributed by atoms with Crippen molar-refractivity contribution in [2.24, 2.45) is 4.99 Å². The highest BCUT2D eigenvalue weighted by molar-refractivity contribution is 7.89. The maximum atomic E-state index is 12.6. The van der Waals surface area contributed by atoms with E-state index in [1.807, 2.05) is 53.2 Å². The number of rotatable bonds is 6. The van der Waals surface area contributed by atoms with Crippen LogP contribution in [0.15, 0.2) is 88.9 Å². The van der Waals surface area contributed by atoms with Crippen LogP contribution in [0.3, 0.4) is 0 Å². The van der Waals surface area contributed by atoms with Crippen LogP contribution >= 0.6 is 0 Å². The molecule has 1 aromatic heterocycles. The topological polar surface area (TPSA) is 81.0 Å². The minimum absolute atomic E-state index is 0.0252. The zero-order chi connectivity index (χ0) is 20.9. The van der Waals surface area contributed by atoms with Crippen LogP contribution in [-0.2, 0) is 21.4 Å². The number of carbonyl (C=O) groups is 1. The van der Waals surface area contributed by atoms with Gasteiger partial charge in [-0.25, -0.2) is 8.42 Å². The normalized spacial score (nSPS) is 12.3. The molecule has 150 valence electrons. The maximum Gasteiger partial charge on any atom is 0.278 e. The molecule has 2 aromatic carbocycles. The van der Waals surface area contributed by atoms with Crippen LogP contribution < -0.4 is 5.49 Å². The van der Waals surface area contributed by atoms with Gasteiger partial charge in [0.15, 0.2) is 0 Å². The van der Waals surface area contributed by atoms with Crippen LogP contribution in [0.1, 0.15) is 15.9 Å². The van der Waals surface area contributed by atoms with Crippen LogP contribution in [0.25, 0.3) is 0 Å². The van der Waals surface area contributed by atoms with E-state index in [-0.39, 0.29) is 4.90 Å². The molecule has 8 heteroatoms. The van der Waals surface area contributed by atoms with Crippen LogP contribution in [-0.4, -0.2) is 37.5 Å². The molecule has 29 heavy (non-hydrogen) atoms. The second kappa shape index (κ2) is 8.95. The predicted molar refractivity (Wildman–Crippen MR) is 108 cm³/mol. The lowest BCUT2D eigenvalue weighted by Crippen LogP contribution is -2.25. The van der Waals surface area contributed by atoms with Gasteiger partial charge in [0.2, 0.25) is 0 Å². The Morgan fingerprint density at radius 3 is 2.31 bits per heavy atom. The fourth-order valence-electron chi connectivity index (χ4n) is 2.67. The second-order valence-electron chi connectivity index (χ2n) is 6.21. The molecule has 0 aliphatic carbocycles. The Balaban J connectivity index is 1.88. The first kappa shape index (κ1) is 20.7. The van der Waals surface area contributed by atoms with E-state index in [0.717, 1.165) is 10.0 Å². The van der Waals surface area contributed by atoms with Gasteiger partial charge in [-0.2, -0.15) is 4.99 Å². The van der Waals surface area contributed by atoms with Gasteiger partial charge >= 0.3 is 0 Å². The molecule has 0 bridgehead atoms. The third kappa shape index (κ3) is 4.86. The summed E-state index contributed by atoms with van der Waals surface area (Å²) in [5, 5.41) is 0. The zero-order valence-corrected chi connectivity index (χ0v) is 16.9. The molecule has 0 saturated heterocycles. The zero-order valence-electron chi connectivity index (χ0n) is 16.1. The summed E-state index contributed by atoms with van der Waals surface area (Å²) in [5.74, 6) is -0.456. The molecule has 0 fully saturated rings. The highest BCUT2D eigenvalue weighted by atomic mass is 32.2. The van der Waals surface area contributed by atoms with Crippen molar-refractivity contribution in [3.63, 3.8) is 0 Å². The number of hydrogen-bond donors (Lipinski definition) is 0. The van der Waals surface area contributed by atoms with Gasteiger partial charge in [-0.1, -0.05) is 40.9 Å². The van der Waals surface area contributed by atoms with Crippen LogP contribution in [0.5, 0.6) is 0 Å². The molecular formula is C21H21N3O4S. The molecule has 0 radical (unpaired) electrons. The first-order chi connectivity index (χ1) is 13.9. The molecule has 0 unspecified atom stereocenters. The third-order valence-corrected chi connectivity index (χ3v) is 6.02. The van der Waals surface area contributed by atoms with Gasteiger partial charge in [0.05, 0.1) is 12.0 Å². The molecule has 0 N–H and O–H groups in total. The Labute approximate surface area is 169 Å². The third-order valence-electron chi connectivity index (χ3n) is 4.32. The number of hydroxylamine groups is 1. The largest absolute Gasteiger partial charge is 0.328 e. The van der Waals surface area contributed by atoms with Gasteiger partial charge < -0.3 is 4.57 Å². The Morgan fingerprint density at radius 2 is 1.66 bits per heavy atom. The van der Waals surface area contributed by atoms with Gasteiger partial charge in [-0.05, 0) is 42.0 Å². The first-order valence-corrected chi connectivity index (χ1v) is 10.3. The smallest absolute Gasteiger partial charge is 0.278 e. The maximum absolute atomic E-state index is 12.6. The summed E-state index contributed by atoms with van der Waals surface area (Å²) in [5.41, 5.74) is 1.89. The minimum atomic E-state index is -3.77. The van der Waals surface area contributed by atoms with E-state index in [0.29, 0.717) is 17.6 Å². The lowest BCUT2D eigenvalue weighted by molar-refractivity contribution is -0.0258. The van der Waals surface area contributed by atoms with Gasteiger partial charge in [0.25, 0.3) is 15.9 Å². The molecule has 0 saturated carbocycles. The fourth-order valence-corrected chi connectivity index (χ4v) is 3.64. The highest BCUT2D eigenvalue weighted by Gasteiger charge is 2.20. The summed E-state index contributed by atoms with van der Waals surface area (Å²) in [6, 6.07) is 20.9. The molecule has 0 atom stereocenters. The number of amides is 1. The number of benzene rings is 2. The number of pyridine rings is 1. The van der Waals surface area contributed by atoms with E-state index in [4.69, 9.17) is 4.84 Å². The highest BCUT2D eigenvalue weighted by Crippen LogP contribution is 2.15. The van der Waals surface area contributed by atoms with Crippen molar-refractivity contribution in [2.75, 3.05) is 14.2 Å². The summed E-state index contributed by atoms with van der Waals surface area (Å²) in [4.78, 5) is 21.6. The fraction of sp³-hybridized carbons (Fsp3) is 0.143. The van der Waals surface area contributed by atoms with Gasteiger partial charge in [0, 0.05) is 25.4 Å². The van der Waals surface area contributed by atoms with E-state index >= 15 is 0 Å². The molecule has 3 aromatic rings. The monoisotopic (exact) mass is 411 g/mol. The second-order valence-corrected chi connectivity index (χ2v) is 8.15. The van der Waals surface area contributed by atoms with E-state index in [1.165, 1.54) is 38.4 Å². The Hall–Kier alpha value is -3.07. The Bertz CT molecular complexity index is 1150. The number of sulfonamides is 1. The average molecular weight is 411 g/mol. The Morgan fingerprint density at radius 1 is 1.00 bits per heavy atom. The van der Waals surface area contributed by atoms with Crippen molar-refractivity contribution >= 4 is 15.9 Å². The van der Waals surface area contributed by atoms with Gasteiger partial charge in [-0.3, -0.25) is 9.63 Å². The van der Waals surface area contributed by atoms with Crippen LogP contribution in [0.2, 0.25) is 0 Å². The summed E-state index contributed by atoms with van der Waals surface area (Å²) in [6.45, 7) is 0.578. The average Bonchev–Trinajstić information content (AvgIpc) is 2.75. The van der Waals surface area contributed by atoms with E-state index in [1.54, 1.807) is 6.07 Å². The molecular weight excluding hydrogens is 390 g/mol. The molecule has 0 aliphatic rings. The van der Waals surface area contributed by atoms with Crippen LogP contribution in [0, 0.1) is 0 Å². The van der Waals surface area contributed by atoms with E-state index in [2.05, 4.69) is 4.99 Å². The summed E-state index contributed by atoms with van der Waals surface area (Å²) in [7, 11) is -1.21. The first-order valence-electron chi connectivity index (χ1n) is 8.83. The van der Waals surface area contributed by atoms with Crippen molar-refractivity contribution in [1.29, 1.82) is 0 Å². The predicted octanol–water partition coefficient (Wildman–Crippen LogP) is 2.46. The number of aromatic nitrogens is 1. The summed E-state index contributed by atoms with van der Waals surface area (Å²) in [6.07, 6.45) is 1.86. The Kier molecular flexibility index (Phi) is 6.38. The van der Waals surface area contributed by atoms with E-state index in [9.17, 15) is 13.2 Å². The van der Waals surface area contributed by atoms with Gasteiger partial charge in [-0.15, -0.1) is 0 Å². The van der Waals surface area contributed by atoms with Gasteiger partial charge in [0.1, 0.15) is 5.49 Å². The van der Waals surface area contributed by atoms with Crippen molar-refractivity contribution < 1.29 is 18.0 Å². The molecule has 1 amide bonds. The quantitative estimate of drug-likeness (QED) is 0.584. The molecule has 1 heterocycles. The SMILES string of the molecule is CON(C)S(=O)(=O)c1ccc(C(=O)N=c2ccccn2Cc2ccccc2)cc1. The number of nitrogens with zero attached hydrogens (tertiary/aromatic N) is 3. The van der Waals surface area contributed by atoms with Crippen molar-refractivity contribution in [3.8, 4) is 0 Å². The van der Waals surface area contributed by atoms with E-state index < -0.39 is 15.9 Å². The molecule has 3 rings (SSSR count). The summed E-state index contributed by atoms with van der Waals surface area (Å²) >= 11 is 0. The molecule has 7 nitrogen and oxygen atoms in total. The van der Waals surface area contributed by atoms with Crippen molar-refractivity contribution in [1.82, 2.24) is 9.04 Å². The number of carbonyl (C=O) groups excluding carboxylic acids is 1. The molecule has 0 aliphatic heterocycles. The standard InChI is InChI=1S/C21H21N3O4S/c1-23(28-2)29(26,27)19-13-11-18(12-14-19)21(25)22-20-10-6-7-15-24(20)16-17-8-4-3-5-9-17/h3-15H,16H2,1-2H3. The van der Waals surface area contributed by atoms with Crippen molar-refractivity contribution in [2.45, 2.75) is 11.4 Å². The number of hydrogen-bond acceptors (Lipinski definition) is 4.